The van der Waals surface area contributed by atoms with E-state index in [0.29, 0.717) is 18.8 Å². The van der Waals surface area contributed by atoms with Crippen LogP contribution in [0, 0.1) is 6.92 Å². The van der Waals surface area contributed by atoms with Crippen LogP contribution in [0.1, 0.15) is 52.7 Å². The van der Waals surface area contributed by atoms with Gasteiger partial charge in [-0.3, -0.25) is 9.78 Å². The average molecular weight is 325 g/mol. The molecule has 1 amide bonds. The summed E-state index contributed by atoms with van der Waals surface area (Å²) in [6.07, 6.45) is 7.45. The van der Waals surface area contributed by atoms with Crippen LogP contribution in [0.15, 0.2) is 36.7 Å². The molecule has 0 bridgehead atoms. The molecule has 5 nitrogen and oxygen atoms in total. The van der Waals surface area contributed by atoms with Gasteiger partial charge in [-0.05, 0) is 43.7 Å². The lowest BCUT2D eigenvalue weighted by atomic mass is 9.89. The summed E-state index contributed by atoms with van der Waals surface area (Å²) in [5.74, 6) is -0.189. The number of hydrogen-bond acceptors (Lipinski definition) is 4. The van der Waals surface area contributed by atoms with E-state index >= 15 is 0 Å². The predicted octanol–water partition coefficient (Wildman–Crippen LogP) is 3.00. The largest absolute Gasteiger partial charge is 0.373 e. The summed E-state index contributed by atoms with van der Waals surface area (Å²) in [7, 11) is 0. The van der Waals surface area contributed by atoms with Gasteiger partial charge in [0.25, 0.3) is 5.91 Å². The van der Waals surface area contributed by atoms with E-state index in [1.165, 1.54) is 23.7 Å². The fraction of sp³-hybridized carbons (Fsp3) is 0.421. The van der Waals surface area contributed by atoms with Crippen LogP contribution >= 0.6 is 0 Å². The van der Waals surface area contributed by atoms with Crippen LogP contribution in [0.5, 0.6) is 0 Å². The van der Waals surface area contributed by atoms with Crippen LogP contribution < -0.4 is 5.32 Å². The van der Waals surface area contributed by atoms with Crippen molar-refractivity contribution in [2.75, 3.05) is 13.2 Å². The number of benzene rings is 1. The molecule has 1 atom stereocenters. The molecule has 1 aromatic heterocycles. The van der Waals surface area contributed by atoms with E-state index < -0.39 is 0 Å². The van der Waals surface area contributed by atoms with Crippen molar-refractivity contribution in [1.82, 2.24) is 15.3 Å². The first kappa shape index (κ1) is 16.6. The molecule has 0 saturated heterocycles. The Hall–Kier alpha value is -2.27. The third-order valence-electron chi connectivity index (χ3n) is 4.25. The first-order valence-corrected chi connectivity index (χ1v) is 8.50. The van der Waals surface area contributed by atoms with E-state index in [4.69, 9.17) is 4.74 Å². The van der Waals surface area contributed by atoms with E-state index in [1.54, 1.807) is 6.20 Å². The number of carbonyl (C=O) groups is 1. The monoisotopic (exact) mass is 325 g/mol. The number of amides is 1. The molecule has 0 aliphatic heterocycles. The van der Waals surface area contributed by atoms with Crippen LogP contribution in [0.25, 0.3) is 0 Å². The van der Waals surface area contributed by atoms with Crippen molar-refractivity contribution < 1.29 is 9.53 Å². The minimum Gasteiger partial charge on any atom is -0.373 e. The summed E-state index contributed by atoms with van der Waals surface area (Å²) in [5.41, 5.74) is 3.87. The number of fused-ring (bicyclic) bond motifs is 1. The van der Waals surface area contributed by atoms with Crippen molar-refractivity contribution >= 4 is 5.91 Å². The van der Waals surface area contributed by atoms with E-state index in [2.05, 4.69) is 39.6 Å². The summed E-state index contributed by atoms with van der Waals surface area (Å²) < 4.78 is 6.03. The second-order valence-corrected chi connectivity index (χ2v) is 6.10. The zero-order chi connectivity index (χ0) is 16.8. The Bertz CT molecular complexity index is 685. The molecule has 3 rings (SSSR count). The highest BCUT2D eigenvalue weighted by molar-refractivity contribution is 5.91. The van der Waals surface area contributed by atoms with Gasteiger partial charge in [-0.15, -0.1) is 0 Å². The fourth-order valence-electron chi connectivity index (χ4n) is 2.98. The van der Waals surface area contributed by atoms with Crippen LogP contribution in [-0.2, 0) is 11.2 Å². The Kier molecular flexibility index (Phi) is 5.54. The number of nitrogens with zero attached hydrogens (tertiary/aromatic N) is 2. The van der Waals surface area contributed by atoms with Gasteiger partial charge in [0.1, 0.15) is 5.69 Å². The van der Waals surface area contributed by atoms with Crippen molar-refractivity contribution in [1.29, 1.82) is 0 Å². The van der Waals surface area contributed by atoms with Crippen molar-refractivity contribution in [3.8, 4) is 0 Å². The molecule has 0 saturated carbocycles. The minimum absolute atomic E-state index is 0.189. The molecule has 1 aliphatic rings. The quantitative estimate of drug-likeness (QED) is 0.829. The van der Waals surface area contributed by atoms with E-state index in [1.807, 2.05) is 6.92 Å². The highest BCUT2D eigenvalue weighted by atomic mass is 16.5. The second kappa shape index (κ2) is 8.02. The molecule has 0 fully saturated rings. The number of rotatable bonds is 6. The topological polar surface area (TPSA) is 64.1 Å². The van der Waals surface area contributed by atoms with Gasteiger partial charge in [0.05, 0.1) is 18.0 Å². The number of hydrogen-bond donors (Lipinski definition) is 1. The molecule has 1 aromatic carbocycles. The maximum atomic E-state index is 11.9. The summed E-state index contributed by atoms with van der Waals surface area (Å²) in [6, 6.07) is 8.51. The number of ether oxygens (including phenoxy) is 1. The van der Waals surface area contributed by atoms with Crippen molar-refractivity contribution in [3.63, 3.8) is 0 Å². The Balaban J connectivity index is 1.40. The van der Waals surface area contributed by atoms with Crippen LogP contribution in [0.3, 0.4) is 0 Å². The maximum Gasteiger partial charge on any atom is 0.271 e. The molecule has 0 spiro atoms. The standard InChI is InChI=1S/C19H23N3O2/c1-14-12-22-17(13-21-14)19(23)20-10-5-11-24-18-9-4-7-15-6-2-3-8-16(15)18/h2-3,6,8,12-13,18H,4-5,7,9-11H2,1H3,(H,20,23). The van der Waals surface area contributed by atoms with Gasteiger partial charge in [-0.2, -0.15) is 0 Å². The maximum absolute atomic E-state index is 11.9. The zero-order valence-corrected chi connectivity index (χ0v) is 14.0. The van der Waals surface area contributed by atoms with E-state index in [-0.39, 0.29) is 12.0 Å². The third-order valence-corrected chi connectivity index (χ3v) is 4.25. The van der Waals surface area contributed by atoms with Crippen LogP contribution in [0.4, 0.5) is 0 Å². The molecule has 0 radical (unpaired) electrons. The van der Waals surface area contributed by atoms with Gasteiger partial charge in [0, 0.05) is 19.3 Å². The molecule has 24 heavy (non-hydrogen) atoms. The lowest BCUT2D eigenvalue weighted by Crippen LogP contribution is -2.26. The van der Waals surface area contributed by atoms with Crippen molar-refractivity contribution in [2.45, 2.75) is 38.7 Å². The molecule has 126 valence electrons. The van der Waals surface area contributed by atoms with Crippen LogP contribution in [-0.4, -0.2) is 29.0 Å². The average Bonchev–Trinajstić information content (AvgIpc) is 2.62. The van der Waals surface area contributed by atoms with Gasteiger partial charge < -0.3 is 10.1 Å². The molecule has 1 heterocycles. The molecular formula is C19H23N3O2. The van der Waals surface area contributed by atoms with Gasteiger partial charge in [0.15, 0.2) is 0 Å². The van der Waals surface area contributed by atoms with Crippen molar-refractivity contribution in [3.05, 3.63) is 59.2 Å². The summed E-state index contributed by atoms with van der Waals surface area (Å²) in [4.78, 5) is 20.1. The SMILES string of the molecule is Cc1cnc(C(=O)NCCCOC2CCCc3ccccc32)cn1. The lowest BCUT2D eigenvalue weighted by Gasteiger charge is -2.25. The minimum atomic E-state index is -0.189. The van der Waals surface area contributed by atoms with E-state index in [0.717, 1.165) is 25.0 Å². The Morgan fingerprint density at radius 2 is 2.17 bits per heavy atom. The summed E-state index contributed by atoms with van der Waals surface area (Å²) >= 11 is 0. The normalized spacial score (nSPS) is 16.5. The zero-order valence-electron chi connectivity index (χ0n) is 14.0. The number of aryl methyl sites for hydroxylation is 2. The van der Waals surface area contributed by atoms with Gasteiger partial charge in [-0.1, -0.05) is 24.3 Å². The molecular weight excluding hydrogens is 302 g/mol. The Labute approximate surface area is 142 Å². The highest BCUT2D eigenvalue weighted by Gasteiger charge is 2.19. The number of aromatic nitrogens is 2. The number of nitrogens with one attached hydrogen (secondary N) is 1. The molecule has 5 heteroatoms. The van der Waals surface area contributed by atoms with Gasteiger partial charge in [0.2, 0.25) is 0 Å². The molecule has 2 aromatic rings. The first-order valence-electron chi connectivity index (χ1n) is 8.50. The van der Waals surface area contributed by atoms with Crippen molar-refractivity contribution in [2.24, 2.45) is 0 Å². The first-order chi connectivity index (χ1) is 11.7. The summed E-state index contributed by atoms with van der Waals surface area (Å²) in [6.45, 7) is 3.05. The lowest BCUT2D eigenvalue weighted by molar-refractivity contribution is 0.0393. The molecule has 1 unspecified atom stereocenters. The van der Waals surface area contributed by atoms with E-state index in [9.17, 15) is 4.79 Å². The predicted molar refractivity (Wildman–Crippen MR) is 91.8 cm³/mol. The molecule has 1 N–H and O–H groups in total. The Morgan fingerprint density at radius 1 is 1.29 bits per heavy atom. The third kappa shape index (κ3) is 4.17. The number of carbonyl (C=O) groups excluding carboxylic acids is 1. The van der Waals surface area contributed by atoms with Gasteiger partial charge >= 0.3 is 0 Å². The molecule has 1 aliphatic carbocycles. The summed E-state index contributed by atoms with van der Waals surface area (Å²) in [5, 5.41) is 2.85. The second-order valence-electron chi connectivity index (χ2n) is 6.10. The Morgan fingerprint density at radius 3 is 3.00 bits per heavy atom. The van der Waals surface area contributed by atoms with Crippen LogP contribution in [0.2, 0.25) is 0 Å². The highest BCUT2D eigenvalue weighted by Crippen LogP contribution is 2.32. The van der Waals surface area contributed by atoms with Gasteiger partial charge in [-0.25, -0.2) is 4.98 Å². The fourth-order valence-corrected chi connectivity index (χ4v) is 2.98. The smallest absolute Gasteiger partial charge is 0.271 e.